The summed E-state index contributed by atoms with van der Waals surface area (Å²) in [5.74, 6) is 0.985. The number of anilines is 1. The second-order valence-electron chi connectivity index (χ2n) is 7.02. The van der Waals surface area contributed by atoms with E-state index in [4.69, 9.17) is 0 Å². The average molecular weight is 340 g/mol. The summed E-state index contributed by atoms with van der Waals surface area (Å²) in [6.07, 6.45) is 3.55. The molecule has 1 saturated heterocycles. The Bertz CT molecular complexity index is 716. The Balaban J connectivity index is 1.42. The Morgan fingerprint density at radius 1 is 1.12 bits per heavy atom. The number of carbonyl (C=O) groups excluding carboxylic acids is 1. The first kappa shape index (κ1) is 15.7. The van der Waals surface area contributed by atoms with Gasteiger partial charge >= 0.3 is 0 Å². The van der Waals surface area contributed by atoms with E-state index in [1.165, 1.54) is 22.5 Å². The van der Waals surface area contributed by atoms with Gasteiger partial charge in [0.05, 0.1) is 4.88 Å². The third-order valence-electron chi connectivity index (χ3n) is 5.23. The number of benzene rings is 1. The van der Waals surface area contributed by atoms with E-state index in [9.17, 15) is 4.79 Å². The lowest BCUT2D eigenvalue weighted by atomic mass is 9.90. The van der Waals surface area contributed by atoms with Crippen LogP contribution >= 0.6 is 11.3 Å². The van der Waals surface area contributed by atoms with Crippen LogP contribution in [0.1, 0.15) is 33.5 Å². The number of thiophene rings is 1. The summed E-state index contributed by atoms with van der Waals surface area (Å²) < 4.78 is 0. The molecule has 1 aliphatic carbocycles. The van der Waals surface area contributed by atoms with Crippen LogP contribution in [-0.2, 0) is 12.8 Å². The zero-order chi connectivity index (χ0) is 16.5. The van der Waals surface area contributed by atoms with Gasteiger partial charge in [-0.2, -0.15) is 0 Å². The van der Waals surface area contributed by atoms with Crippen molar-refractivity contribution in [3.8, 4) is 0 Å². The Kier molecular flexibility index (Phi) is 4.31. The molecule has 0 bridgehead atoms. The van der Waals surface area contributed by atoms with Crippen molar-refractivity contribution in [1.29, 1.82) is 0 Å². The van der Waals surface area contributed by atoms with Crippen molar-refractivity contribution in [2.24, 2.45) is 5.92 Å². The number of para-hydroxylation sites is 1. The molecule has 2 heterocycles. The zero-order valence-electron chi connectivity index (χ0n) is 14.2. The number of carbonyl (C=O) groups is 1. The number of rotatable bonds is 2. The second kappa shape index (κ2) is 6.60. The van der Waals surface area contributed by atoms with Crippen LogP contribution in [0.3, 0.4) is 0 Å². The van der Waals surface area contributed by atoms with Gasteiger partial charge in [0, 0.05) is 36.7 Å². The van der Waals surface area contributed by atoms with Gasteiger partial charge in [-0.3, -0.25) is 4.79 Å². The molecule has 1 unspecified atom stereocenters. The first-order chi connectivity index (χ1) is 11.7. The summed E-state index contributed by atoms with van der Waals surface area (Å²) in [7, 11) is 0. The molecule has 1 aromatic carbocycles. The van der Waals surface area contributed by atoms with Crippen LogP contribution in [-0.4, -0.2) is 37.0 Å². The summed E-state index contributed by atoms with van der Waals surface area (Å²) in [6.45, 7) is 5.76. The molecule has 3 nitrogen and oxygen atoms in total. The highest BCUT2D eigenvalue weighted by atomic mass is 32.1. The summed E-state index contributed by atoms with van der Waals surface area (Å²) >= 11 is 1.73. The second-order valence-corrected chi connectivity index (χ2v) is 8.16. The first-order valence-electron chi connectivity index (χ1n) is 8.91. The normalized spacial score (nSPS) is 20.8. The number of aryl methyl sites for hydroxylation is 1. The molecule has 0 saturated carbocycles. The van der Waals surface area contributed by atoms with Crippen LogP contribution in [0.4, 0.5) is 5.69 Å². The molecular formula is C20H24N2OS. The first-order valence-corrected chi connectivity index (χ1v) is 9.73. The molecule has 0 radical (unpaired) electrons. The molecule has 0 N–H and O–H groups in total. The van der Waals surface area contributed by atoms with Gasteiger partial charge in [-0.1, -0.05) is 25.1 Å². The topological polar surface area (TPSA) is 23.6 Å². The monoisotopic (exact) mass is 340 g/mol. The van der Waals surface area contributed by atoms with Gasteiger partial charge in [0.25, 0.3) is 5.91 Å². The van der Waals surface area contributed by atoms with E-state index in [-0.39, 0.29) is 5.91 Å². The van der Waals surface area contributed by atoms with Crippen molar-refractivity contribution < 1.29 is 4.79 Å². The molecule has 24 heavy (non-hydrogen) atoms. The smallest absolute Gasteiger partial charge is 0.264 e. The fourth-order valence-corrected chi connectivity index (χ4v) is 4.95. The molecule has 126 valence electrons. The number of piperazine rings is 1. The van der Waals surface area contributed by atoms with Gasteiger partial charge < -0.3 is 9.80 Å². The van der Waals surface area contributed by atoms with Gasteiger partial charge in [-0.25, -0.2) is 0 Å². The van der Waals surface area contributed by atoms with Gasteiger partial charge in [-0.15, -0.1) is 11.3 Å². The lowest BCUT2D eigenvalue weighted by molar-refractivity contribution is 0.0751. The zero-order valence-corrected chi connectivity index (χ0v) is 15.0. The van der Waals surface area contributed by atoms with E-state index in [1.807, 2.05) is 11.0 Å². The van der Waals surface area contributed by atoms with E-state index < -0.39 is 0 Å². The summed E-state index contributed by atoms with van der Waals surface area (Å²) in [5.41, 5.74) is 2.68. The molecule has 1 fully saturated rings. The van der Waals surface area contributed by atoms with Crippen LogP contribution in [0, 0.1) is 5.92 Å². The highest BCUT2D eigenvalue weighted by Gasteiger charge is 2.26. The molecule has 4 heteroatoms. The summed E-state index contributed by atoms with van der Waals surface area (Å²) in [6, 6.07) is 12.6. The fourth-order valence-electron chi connectivity index (χ4n) is 3.77. The number of fused-ring (bicyclic) bond motifs is 1. The van der Waals surface area contributed by atoms with Crippen LogP contribution in [0.2, 0.25) is 0 Å². The van der Waals surface area contributed by atoms with Gasteiger partial charge in [0.2, 0.25) is 0 Å². The van der Waals surface area contributed by atoms with Gasteiger partial charge in [0.15, 0.2) is 0 Å². The number of amides is 1. The SMILES string of the molecule is CC1CCc2sc(C(=O)N3CCN(c4ccccc4)CC3)cc2C1. The fraction of sp³-hybridized carbons (Fsp3) is 0.450. The molecule has 2 aromatic rings. The minimum absolute atomic E-state index is 0.231. The maximum Gasteiger partial charge on any atom is 0.264 e. The minimum Gasteiger partial charge on any atom is -0.368 e. The lowest BCUT2D eigenvalue weighted by Crippen LogP contribution is -2.48. The predicted octanol–water partition coefficient (Wildman–Crippen LogP) is 3.84. The molecule has 1 amide bonds. The number of hydrogen-bond acceptors (Lipinski definition) is 3. The Morgan fingerprint density at radius 2 is 1.88 bits per heavy atom. The van der Waals surface area contributed by atoms with Crippen molar-refractivity contribution in [3.63, 3.8) is 0 Å². The molecular weight excluding hydrogens is 316 g/mol. The highest BCUT2D eigenvalue weighted by molar-refractivity contribution is 7.14. The van der Waals surface area contributed by atoms with Crippen LogP contribution < -0.4 is 4.90 Å². The standard InChI is InChI=1S/C20H24N2OS/c1-15-7-8-18-16(13-15)14-19(24-18)20(23)22-11-9-21(10-12-22)17-5-3-2-4-6-17/h2-6,14-15H,7-13H2,1H3. The van der Waals surface area contributed by atoms with Crippen molar-refractivity contribution in [1.82, 2.24) is 4.90 Å². The number of nitrogens with zero attached hydrogens (tertiary/aromatic N) is 2. The van der Waals surface area contributed by atoms with E-state index in [0.717, 1.165) is 49.8 Å². The Morgan fingerprint density at radius 3 is 2.62 bits per heavy atom. The highest BCUT2D eigenvalue weighted by Crippen LogP contribution is 2.33. The molecule has 1 aromatic heterocycles. The molecule has 4 rings (SSSR count). The maximum atomic E-state index is 12.9. The molecule has 0 spiro atoms. The summed E-state index contributed by atoms with van der Waals surface area (Å²) in [4.78, 5) is 19.6. The third kappa shape index (κ3) is 3.07. The predicted molar refractivity (Wildman–Crippen MR) is 100 cm³/mol. The molecule has 2 aliphatic rings. The van der Waals surface area contributed by atoms with Crippen molar-refractivity contribution in [2.75, 3.05) is 31.1 Å². The van der Waals surface area contributed by atoms with E-state index >= 15 is 0 Å². The largest absolute Gasteiger partial charge is 0.368 e. The number of hydrogen-bond donors (Lipinski definition) is 0. The van der Waals surface area contributed by atoms with E-state index in [0.29, 0.717) is 0 Å². The molecule has 1 atom stereocenters. The van der Waals surface area contributed by atoms with Gasteiger partial charge in [0.1, 0.15) is 0 Å². The molecule has 1 aliphatic heterocycles. The Hall–Kier alpha value is -1.81. The van der Waals surface area contributed by atoms with Gasteiger partial charge in [-0.05, 0) is 48.9 Å². The third-order valence-corrected chi connectivity index (χ3v) is 6.45. The van der Waals surface area contributed by atoms with E-state index in [2.05, 4.69) is 42.2 Å². The van der Waals surface area contributed by atoms with Crippen molar-refractivity contribution in [3.05, 3.63) is 51.7 Å². The average Bonchev–Trinajstić information content (AvgIpc) is 3.05. The quantitative estimate of drug-likeness (QED) is 0.829. The maximum absolute atomic E-state index is 12.9. The Labute approximate surface area is 147 Å². The van der Waals surface area contributed by atoms with Crippen LogP contribution in [0.5, 0.6) is 0 Å². The minimum atomic E-state index is 0.231. The van der Waals surface area contributed by atoms with Crippen LogP contribution in [0.25, 0.3) is 0 Å². The van der Waals surface area contributed by atoms with E-state index in [1.54, 1.807) is 11.3 Å². The summed E-state index contributed by atoms with van der Waals surface area (Å²) in [5, 5.41) is 0. The lowest BCUT2D eigenvalue weighted by Gasteiger charge is -2.36. The van der Waals surface area contributed by atoms with Crippen molar-refractivity contribution in [2.45, 2.75) is 26.2 Å². The van der Waals surface area contributed by atoms with Crippen LogP contribution in [0.15, 0.2) is 36.4 Å². The van der Waals surface area contributed by atoms with Crippen molar-refractivity contribution >= 4 is 22.9 Å².